The van der Waals surface area contributed by atoms with Gasteiger partial charge in [0, 0.05) is 4.88 Å². The molecule has 13 heavy (non-hydrogen) atoms. The summed E-state index contributed by atoms with van der Waals surface area (Å²) in [6, 6.07) is 4.01. The summed E-state index contributed by atoms with van der Waals surface area (Å²) in [6.07, 6.45) is 2.31. The number of rotatable bonds is 4. The summed E-state index contributed by atoms with van der Waals surface area (Å²) in [7, 11) is 0. The molecule has 1 heterocycles. The molecule has 1 aromatic heterocycles. The summed E-state index contributed by atoms with van der Waals surface area (Å²) in [6.45, 7) is 6.07. The minimum absolute atomic E-state index is 0.181. The molecule has 0 fully saturated rings. The van der Waals surface area contributed by atoms with E-state index in [0.29, 0.717) is 0 Å². The number of Topliss-reactive ketones (excluding diaryl/α,β-unsaturated/α-hetero) is 1. The van der Waals surface area contributed by atoms with Crippen LogP contribution in [0.25, 0.3) is 0 Å². The van der Waals surface area contributed by atoms with Gasteiger partial charge in [0.25, 0.3) is 0 Å². The fourth-order valence-electron chi connectivity index (χ4n) is 1.13. The topological polar surface area (TPSA) is 17.1 Å². The highest BCUT2D eigenvalue weighted by Gasteiger charge is 2.04. The van der Waals surface area contributed by atoms with Gasteiger partial charge in [0.15, 0.2) is 5.78 Å². The molecule has 0 amide bonds. The van der Waals surface area contributed by atoms with Crippen molar-refractivity contribution in [3.05, 3.63) is 21.9 Å². The van der Waals surface area contributed by atoms with Crippen LogP contribution in [0.4, 0.5) is 0 Å². The van der Waals surface area contributed by atoms with E-state index in [2.05, 4.69) is 19.9 Å². The molecule has 72 valence electrons. The quantitative estimate of drug-likeness (QED) is 0.673. The maximum atomic E-state index is 11.0. The van der Waals surface area contributed by atoms with Gasteiger partial charge in [-0.15, -0.1) is 11.3 Å². The van der Waals surface area contributed by atoms with Crippen molar-refractivity contribution in [1.82, 2.24) is 0 Å². The lowest BCUT2D eigenvalue weighted by Gasteiger charge is -2.00. The van der Waals surface area contributed by atoms with Crippen molar-refractivity contribution < 1.29 is 4.79 Å². The molecule has 0 spiro atoms. The summed E-state index contributed by atoms with van der Waals surface area (Å²) in [5.41, 5.74) is 0. The molecule has 0 atom stereocenters. The van der Waals surface area contributed by atoms with Gasteiger partial charge in [-0.25, -0.2) is 0 Å². The van der Waals surface area contributed by atoms with Crippen molar-refractivity contribution in [2.75, 3.05) is 0 Å². The van der Waals surface area contributed by atoms with E-state index in [1.165, 1.54) is 11.3 Å². The van der Waals surface area contributed by atoms with Gasteiger partial charge in [-0.1, -0.05) is 13.8 Å². The fraction of sp³-hybridized carbons (Fsp3) is 0.545. The standard InChI is InChI=1S/C11H16OS/c1-8(2)4-5-10-6-7-11(13-10)9(3)12/h6-8H,4-5H2,1-3H3. The first-order valence-corrected chi connectivity index (χ1v) is 5.51. The lowest BCUT2D eigenvalue weighted by Crippen LogP contribution is -1.89. The molecule has 0 N–H and O–H groups in total. The zero-order valence-electron chi connectivity index (χ0n) is 8.46. The zero-order chi connectivity index (χ0) is 9.84. The van der Waals surface area contributed by atoms with Crippen molar-refractivity contribution in [3.63, 3.8) is 0 Å². The van der Waals surface area contributed by atoms with Crippen molar-refractivity contribution in [1.29, 1.82) is 0 Å². The van der Waals surface area contributed by atoms with Crippen LogP contribution in [-0.2, 0) is 6.42 Å². The van der Waals surface area contributed by atoms with E-state index >= 15 is 0 Å². The third kappa shape index (κ3) is 3.31. The molecule has 0 saturated heterocycles. The Balaban J connectivity index is 2.54. The molecule has 2 heteroatoms. The lowest BCUT2D eigenvalue weighted by molar-refractivity contribution is 0.102. The molecule has 0 aliphatic carbocycles. The number of aryl methyl sites for hydroxylation is 1. The van der Waals surface area contributed by atoms with E-state index in [9.17, 15) is 4.79 Å². The number of hydrogen-bond acceptors (Lipinski definition) is 2. The summed E-state index contributed by atoms with van der Waals surface area (Å²) >= 11 is 1.63. The first kappa shape index (κ1) is 10.5. The van der Waals surface area contributed by atoms with Crippen molar-refractivity contribution in [3.8, 4) is 0 Å². The SMILES string of the molecule is CC(=O)c1ccc(CCC(C)C)s1. The Hall–Kier alpha value is -0.630. The third-order valence-corrected chi connectivity index (χ3v) is 3.22. The predicted octanol–water partition coefficient (Wildman–Crippen LogP) is 3.54. The Morgan fingerprint density at radius 3 is 2.62 bits per heavy atom. The first-order valence-electron chi connectivity index (χ1n) is 4.69. The van der Waals surface area contributed by atoms with Crippen LogP contribution >= 0.6 is 11.3 Å². The number of carbonyl (C=O) groups is 1. The minimum atomic E-state index is 0.181. The number of ketones is 1. The van der Waals surface area contributed by atoms with Gasteiger partial charge in [0.1, 0.15) is 0 Å². The van der Waals surface area contributed by atoms with E-state index in [-0.39, 0.29) is 5.78 Å². The molecular weight excluding hydrogens is 180 g/mol. The highest BCUT2D eigenvalue weighted by Crippen LogP contribution is 2.19. The van der Waals surface area contributed by atoms with E-state index in [4.69, 9.17) is 0 Å². The second-order valence-corrected chi connectivity index (χ2v) is 4.92. The van der Waals surface area contributed by atoms with Gasteiger partial charge in [-0.3, -0.25) is 4.79 Å². The Bertz CT molecular complexity index is 286. The van der Waals surface area contributed by atoms with Crippen LogP contribution in [0.15, 0.2) is 12.1 Å². The zero-order valence-corrected chi connectivity index (χ0v) is 9.28. The van der Waals surface area contributed by atoms with E-state index in [1.807, 2.05) is 6.07 Å². The van der Waals surface area contributed by atoms with Gasteiger partial charge >= 0.3 is 0 Å². The van der Waals surface area contributed by atoms with Gasteiger partial charge in [-0.05, 0) is 37.8 Å². The van der Waals surface area contributed by atoms with E-state index in [0.717, 1.165) is 17.2 Å². The van der Waals surface area contributed by atoms with E-state index < -0.39 is 0 Å². The van der Waals surface area contributed by atoms with Crippen molar-refractivity contribution >= 4 is 17.1 Å². The Labute approximate surface area is 83.8 Å². The predicted molar refractivity (Wildman–Crippen MR) is 57.5 cm³/mol. The summed E-state index contributed by atoms with van der Waals surface area (Å²) < 4.78 is 0. The summed E-state index contributed by atoms with van der Waals surface area (Å²) in [5, 5.41) is 0. The van der Waals surface area contributed by atoms with Crippen LogP contribution < -0.4 is 0 Å². The number of hydrogen-bond donors (Lipinski definition) is 0. The Morgan fingerprint density at radius 2 is 2.15 bits per heavy atom. The van der Waals surface area contributed by atoms with Crippen LogP contribution in [0, 0.1) is 5.92 Å². The second-order valence-electron chi connectivity index (χ2n) is 3.75. The normalized spacial score (nSPS) is 10.8. The molecule has 0 radical (unpaired) electrons. The second kappa shape index (κ2) is 4.56. The summed E-state index contributed by atoms with van der Waals surface area (Å²) in [5.74, 6) is 0.920. The molecular formula is C11H16OS. The Kier molecular flexibility index (Phi) is 3.67. The van der Waals surface area contributed by atoms with Crippen LogP contribution in [-0.4, -0.2) is 5.78 Å². The maximum absolute atomic E-state index is 11.0. The molecule has 0 aromatic carbocycles. The van der Waals surface area contributed by atoms with Crippen LogP contribution in [0.3, 0.4) is 0 Å². The monoisotopic (exact) mass is 196 g/mol. The molecule has 0 aliphatic rings. The number of carbonyl (C=O) groups excluding carboxylic acids is 1. The molecule has 0 bridgehead atoms. The molecule has 0 unspecified atom stereocenters. The first-order chi connectivity index (χ1) is 6.09. The van der Waals surface area contributed by atoms with Gasteiger partial charge in [0.2, 0.25) is 0 Å². The number of thiophene rings is 1. The maximum Gasteiger partial charge on any atom is 0.169 e. The van der Waals surface area contributed by atoms with Crippen molar-refractivity contribution in [2.24, 2.45) is 5.92 Å². The summed E-state index contributed by atoms with van der Waals surface area (Å²) in [4.78, 5) is 13.2. The van der Waals surface area contributed by atoms with Crippen LogP contribution in [0.1, 0.15) is 41.7 Å². The largest absolute Gasteiger partial charge is 0.294 e. The van der Waals surface area contributed by atoms with Gasteiger partial charge < -0.3 is 0 Å². The highest BCUT2D eigenvalue weighted by atomic mass is 32.1. The van der Waals surface area contributed by atoms with Gasteiger partial charge in [0.05, 0.1) is 4.88 Å². The lowest BCUT2D eigenvalue weighted by atomic mass is 10.1. The fourth-order valence-corrected chi connectivity index (χ4v) is 2.05. The van der Waals surface area contributed by atoms with Crippen LogP contribution in [0.5, 0.6) is 0 Å². The van der Waals surface area contributed by atoms with Crippen molar-refractivity contribution in [2.45, 2.75) is 33.6 Å². The molecule has 1 rings (SSSR count). The molecule has 1 aromatic rings. The van der Waals surface area contributed by atoms with E-state index in [1.54, 1.807) is 18.3 Å². The van der Waals surface area contributed by atoms with Gasteiger partial charge in [-0.2, -0.15) is 0 Å². The highest BCUT2D eigenvalue weighted by molar-refractivity contribution is 7.14. The molecule has 1 nitrogen and oxygen atoms in total. The Morgan fingerprint density at radius 1 is 1.46 bits per heavy atom. The average molecular weight is 196 g/mol. The molecule has 0 saturated carbocycles. The van der Waals surface area contributed by atoms with Crippen LogP contribution in [0.2, 0.25) is 0 Å². The third-order valence-electron chi connectivity index (χ3n) is 1.98. The smallest absolute Gasteiger partial charge is 0.169 e. The average Bonchev–Trinajstić information content (AvgIpc) is 2.48. The molecule has 0 aliphatic heterocycles. The minimum Gasteiger partial charge on any atom is -0.294 e.